The summed E-state index contributed by atoms with van der Waals surface area (Å²) in [7, 11) is -10.4. The number of amides is 2. The van der Waals surface area contributed by atoms with Gasteiger partial charge in [0.1, 0.15) is 5.82 Å². The van der Waals surface area contributed by atoms with E-state index in [4.69, 9.17) is 22.2 Å². The van der Waals surface area contributed by atoms with Crippen LogP contribution in [-0.2, 0) is 34.8 Å². The van der Waals surface area contributed by atoms with Crippen molar-refractivity contribution in [1.82, 2.24) is 15.0 Å². The smallest absolute Gasteiger partial charge is 0.367 e. The van der Waals surface area contributed by atoms with Crippen LogP contribution >= 0.6 is 0 Å². The van der Waals surface area contributed by atoms with Crippen LogP contribution in [0, 0.1) is 0 Å². The van der Waals surface area contributed by atoms with Crippen molar-refractivity contribution in [3.63, 3.8) is 0 Å². The van der Waals surface area contributed by atoms with Crippen LogP contribution in [0.5, 0.6) is 0 Å². The predicted molar refractivity (Wildman–Crippen MR) is 143 cm³/mol. The second-order valence-electron chi connectivity index (χ2n) is 9.71. The lowest BCUT2D eigenvalue weighted by molar-refractivity contribution is -0.117. The van der Waals surface area contributed by atoms with Gasteiger partial charge in [0.15, 0.2) is 12.1 Å². The highest BCUT2D eigenvalue weighted by molar-refractivity contribution is 7.88. The molecule has 16 nitrogen and oxygen atoms in total. The first kappa shape index (κ1) is 28.7. The molecule has 2 aromatic heterocycles. The Balaban J connectivity index is 1.96. The minimum absolute atomic E-state index is 0.134. The van der Waals surface area contributed by atoms with Crippen LogP contribution in [0.2, 0.25) is 0 Å². The van der Waals surface area contributed by atoms with E-state index in [1.54, 1.807) is 12.1 Å². The van der Waals surface area contributed by atoms with E-state index in [0.29, 0.717) is 27.7 Å². The van der Waals surface area contributed by atoms with Crippen LogP contribution in [0.4, 0.5) is 16.3 Å². The number of rotatable bonds is 7. The summed E-state index contributed by atoms with van der Waals surface area (Å²) in [5.74, 6) is -1.55. The maximum Gasteiger partial charge on any atom is 0.420 e. The van der Waals surface area contributed by atoms with Gasteiger partial charge in [-0.25, -0.2) is 14.8 Å². The molecule has 18 heteroatoms. The molecule has 0 spiro atoms. The summed E-state index contributed by atoms with van der Waals surface area (Å²) < 4.78 is 64.4. The van der Waals surface area contributed by atoms with Crippen LogP contribution in [0.1, 0.15) is 26.6 Å². The number of nitrogens with two attached hydrogens (primary N) is 3. The Morgan fingerprint density at radius 2 is 1.68 bits per heavy atom. The van der Waals surface area contributed by atoms with Crippen LogP contribution in [0.3, 0.4) is 0 Å². The molecule has 3 heterocycles. The van der Waals surface area contributed by atoms with Crippen molar-refractivity contribution in [1.29, 1.82) is 0 Å². The summed E-state index contributed by atoms with van der Waals surface area (Å²) in [6.07, 6.45) is -3.83. The third kappa shape index (κ3) is 5.16. The zero-order valence-electron chi connectivity index (χ0n) is 21.3. The molecule has 0 fully saturated rings. The molecule has 0 saturated carbocycles. The normalized spacial score (nSPS) is 16.5. The number of primary amides is 2. The van der Waals surface area contributed by atoms with Crippen LogP contribution in [0.15, 0.2) is 42.5 Å². The average Bonchev–Trinajstić information content (AvgIpc) is 3.38. The molecule has 3 aromatic rings. The molecule has 0 bridgehead atoms. The van der Waals surface area contributed by atoms with Gasteiger partial charge in [-0.15, -0.1) is 0 Å². The third-order valence-corrected chi connectivity index (χ3v) is 8.09. The van der Waals surface area contributed by atoms with E-state index in [9.17, 15) is 31.0 Å². The molecule has 4 rings (SSSR count). The zero-order chi connectivity index (χ0) is 29.8. The van der Waals surface area contributed by atoms with E-state index in [1.165, 1.54) is 12.1 Å². The quantitative estimate of drug-likeness (QED) is 0.183. The number of pyridine rings is 1. The Kier molecular flexibility index (Phi) is 6.99. The number of aromatic nitrogens is 3. The summed E-state index contributed by atoms with van der Waals surface area (Å²) in [5, 5.41) is -2.53. The summed E-state index contributed by atoms with van der Waals surface area (Å²) in [4.78, 5) is 36.2. The highest BCUT2D eigenvalue weighted by Crippen LogP contribution is 2.43. The lowest BCUT2D eigenvalue weighted by Gasteiger charge is -2.30. The van der Waals surface area contributed by atoms with Crippen molar-refractivity contribution in [3.8, 4) is 22.6 Å². The van der Waals surface area contributed by atoms with Crippen LogP contribution < -0.4 is 26.4 Å². The SMILES string of the molecule is CC(C)(C)c1nc(-c2ccccc2)c(-c2ccc3c(n2)N(S(=O)(=O)O)C(N)N3C(C(N)=O)S(=O)(=O)OC(N)=O)[nH]1. The number of carbonyl (C=O) groups is 2. The highest BCUT2D eigenvalue weighted by atomic mass is 32.2. The molecule has 0 radical (unpaired) electrons. The molecular weight excluding hydrogens is 568 g/mol. The van der Waals surface area contributed by atoms with Gasteiger partial charge in [-0.2, -0.15) is 21.1 Å². The van der Waals surface area contributed by atoms with Gasteiger partial charge in [0, 0.05) is 11.0 Å². The molecule has 214 valence electrons. The maximum absolute atomic E-state index is 12.7. The van der Waals surface area contributed by atoms with Crippen LogP contribution in [-0.4, -0.2) is 60.0 Å². The lowest BCUT2D eigenvalue weighted by Crippen LogP contribution is -2.61. The fourth-order valence-electron chi connectivity index (χ4n) is 4.13. The monoisotopic (exact) mass is 594 g/mol. The maximum atomic E-state index is 12.7. The fourth-order valence-corrected chi connectivity index (χ4v) is 5.98. The largest absolute Gasteiger partial charge is 0.420 e. The first-order valence-electron chi connectivity index (χ1n) is 11.4. The van der Waals surface area contributed by atoms with Gasteiger partial charge in [0.25, 0.3) is 5.91 Å². The Hall–Kier alpha value is -4.26. The fraction of sp³-hybridized carbons (Fsp3) is 0.273. The van der Waals surface area contributed by atoms with Gasteiger partial charge in [0.2, 0.25) is 5.37 Å². The number of anilines is 2. The minimum atomic E-state index is -5.22. The van der Waals surface area contributed by atoms with Gasteiger partial charge in [0.05, 0.1) is 22.8 Å². The van der Waals surface area contributed by atoms with Gasteiger partial charge in [-0.05, 0) is 12.1 Å². The number of fused-ring (bicyclic) bond motifs is 1. The number of H-pyrrole nitrogens is 1. The standard InChI is InChI=1S/C22H26N8O8S2/c1-22(2,3)19-27-14(11-7-5-4-6-8-11)15(28-19)12-9-10-13-17(26-12)30(40(35,36)37)20(24)29(13)18(16(23)31)39(33,34)38-21(25)32/h4-10,18,20H,24H2,1-3H3,(H2,23,31)(H2,25,32)(H,27,28)(H,35,36,37). The van der Waals surface area contributed by atoms with Crippen molar-refractivity contribution < 1.29 is 35.2 Å². The van der Waals surface area contributed by atoms with Gasteiger partial charge in [-0.1, -0.05) is 51.1 Å². The van der Waals surface area contributed by atoms with Crippen molar-refractivity contribution >= 4 is 43.9 Å². The number of hydrogen-bond donors (Lipinski definition) is 5. The molecule has 1 aliphatic heterocycles. The number of hydrogen-bond acceptors (Lipinski definition) is 11. The van der Waals surface area contributed by atoms with E-state index in [2.05, 4.69) is 14.2 Å². The number of nitrogens with zero attached hydrogens (tertiary/aromatic N) is 4. The second-order valence-corrected chi connectivity index (χ2v) is 12.6. The van der Waals surface area contributed by atoms with Gasteiger partial charge < -0.3 is 25.5 Å². The van der Waals surface area contributed by atoms with Crippen LogP contribution in [0.25, 0.3) is 22.6 Å². The summed E-state index contributed by atoms with van der Waals surface area (Å²) in [5.41, 5.74) is 17.0. The van der Waals surface area contributed by atoms with Crippen molar-refractivity contribution in [2.75, 3.05) is 9.21 Å². The predicted octanol–water partition coefficient (Wildman–Crippen LogP) is 0.344. The summed E-state index contributed by atoms with van der Waals surface area (Å²) in [6.45, 7) is 5.78. The molecule has 1 aromatic carbocycles. The van der Waals surface area contributed by atoms with E-state index < -0.39 is 55.3 Å². The van der Waals surface area contributed by atoms with Gasteiger partial charge >= 0.3 is 26.5 Å². The molecule has 8 N–H and O–H groups in total. The first-order valence-corrected chi connectivity index (χ1v) is 14.3. The molecule has 2 amide bonds. The number of carbonyl (C=O) groups excluding carboxylic acids is 2. The lowest BCUT2D eigenvalue weighted by atomic mass is 9.96. The second kappa shape index (κ2) is 9.73. The molecule has 0 aliphatic carbocycles. The van der Waals surface area contributed by atoms with E-state index in [-0.39, 0.29) is 15.7 Å². The van der Waals surface area contributed by atoms with E-state index in [1.807, 2.05) is 39.0 Å². The Bertz CT molecular complexity index is 1700. The van der Waals surface area contributed by atoms with E-state index in [0.717, 1.165) is 0 Å². The Morgan fingerprint density at radius 1 is 1.05 bits per heavy atom. The van der Waals surface area contributed by atoms with E-state index >= 15 is 0 Å². The van der Waals surface area contributed by atoms with Crippen molar-refractivity contribution in [3.05, 3.63) is 48.3 Å². The molecular formula is C22H26N8O8S2. The number of aromatic amines is 1. The minimum Gasteiger partial charge on any atom is -0.367 e. The number of benzene rings is 1. The third-order valence-electron chi connectivity index (χ3n) is 5.80. The van der Waals surface area contributed by atoms with Gasteiger partial charge in [-0.3, -0.25) is 15.1 Å². The topological polar surface area (TPSA) is 258 Å². The molecule has 1 aliphatic rings. The number of imidazole rings is 1. The highest BCUT2D eigenvalue weighted by Gasteiger charge is 2.51. The molecule has 2 atom stereocenters. The first-order chi connectivity index (χ1) is 18.4. The zero-order valence-corrected chi connectivity index (χ0v) is 23.0. The summed E-state index contributed by atoms with van der Waals surface area (Å²) >= 11 is 0. The Morgan fingerprint density at radius 3 is 2.20 bits per heavy atom. The number of nitrogens with one attached hydrogen (secondary N) is 1. The summed E-state index contributed by atoms with van der Waals surface area (Å²) in [6, 6.07) is 11.6. The average molecular weight is 595 g/mol. The molecule has 40 heavy (non-hydrogen) atoms. The molecule has 0 saturated heterocycles. The molecule has 2 unspecified atom stereocenters. The van der Waals surface area contributed by atoms with Crippen molar-refractivity contribution in [2.45, 2.75) is 37.8 Å². The van der Waals surface area contributed by atoms with Crippen molar-refractivity contribution in [2.24, 2.45) is 17.2 Å². The Labute approximate surface area is 229 Å².